The largest absolute Gasteiger partial charge is 0.756 e. The minimum atomic E-state index is -4.57. The fraction of sp³-hybridized carbons (Fsp3) is 0.949. The summed E-state index contributed by atoms with van der Waals surface area (Å²) in [4.78, 5) is 25.6. The maximum atomic E-state index is 13.0. The first-order chi connectivity index (χ1) is 33.0. The van der Waals surface area contributed by atoms with Crippen molar-refractivity contribution in [2.24, 2.45) is 0 Å². The number of hydrogen-bond acceptors (Lipinski definition) is 6. The molecule has 406 valence electrons. The number of amides is 1. The van der Waals surface area contributed by atoms with Gasteiger partial charge in [-0.15, -0.1) is 0 Å². The lowest BCUT2D eigenvalue weighted by molar-refractivity contribution is -0.870. The zero-order chi connectivity index (χ0) is 49.9. The van der Waals surface area contributed by atoms with E-state index in [0.717, 1.165) is 38.5 Å². The molecule has 68 heavy (non-hydrogen) atoms. The predicted octanol–water partition coefficient (Wildman–Crippen LogP) is 17.6. The summed E-state index contributed by atoms with van der Waals surface area (Å²) in [5, 5.41) is 14.0. The van der Waals surface area contributed by atoms with Crippen LogP contribution in [0.1, 0.15) is 309 Å². The second kappa shape index (κ2) is 51.2. The minimum Gasteiger partial charge on any atom is -0.756 e. The number of carbonyl (C=O) groups excluding carboxylic acids is 1. The molecule has 0 aromatic rings. The number of likely N-dealkylation sites (N-methyl/N-ethyl adjacent to an activating group) is 1. The molecule has 0 aromatic carbocycles. The Balaban J connectivity index is 4.12. The number of phosphoric acid groups is 1. The summed E-state index contributed by atoms with van der Waals surface area (Å²) >= 11 is 0. The van der Waals surface area contributed by atoms with Gasteiger partial charge in [0, 0.05) is 6.42 Å². The van der Waals surface area contributed by atoms with E-state index in [9.17, 15) is 19.4 Å². The molecule has 8 nitrogen and oxygen atoms in total. The van der Waals surface area contributed by atoms with Gasteiger partial charge in [-0.25, -0.2) is 0 Å². The molecule has 0 aliphatic carbocycles. The molecule has 1 amide bonds. The summed E-state index contributed by atoms with van der Waals surface area (Å²) in [7, 11) is 1.32. The number of nitrogens with one attached hydrogen (secondary N) is 1. The minimum absolute atomic E-state index is 0.0148. The Morgan fingerprint density at radius 2 is 0.809 bits per heavy atom. The molecule has 0 aliphatic heterocycles. The molecule has 2 N–H and O–H groups in total. The second-order valence-electron chi connectivity index (χ2n) is 22.1. The van der Waals surface area contributed by atoms with Crippen LogP contribution in [0.15, 0.2) is 12.2 Å². The van der Waals surface area contributed by atoms with Gasteiger partial charge >= 0.3 is 0 Å². The molecular formula is C59H119N2O6P. The van der Waals surface area contributed by atoms with E-state index >= 15 is 0 Å². The molecule has 0 fully saturated rings. The van der Waals surface area contributed by atoms with E-state index in [-0.39, 0.29) is 19.1 Å². The Bertz CT molecular complexity index is 1120. The van der Waals surface area contributed by atoms with Gasteiger partial charge in [0.05, 0.1) is 39.9 Å². The first kappa shape index (κ1) is 67.2. The lowest BCUT2D eigenvalue weighted by Crippen LogP contribution is -2.46. The van der Waals surface area contributed by atoms with Crippen LogP contribution < -0.4 is 10.2 Å². The van der Waals surface area contributed by atoms with Crippen molar-refractivity contribution in [3.63, 3.8) is 0 Å². The quantitative estimate of drug-likeness (QED) is 0.0272. The number of rotatable bonds is 56. The summed E-state index contributed by atoms with van der Waals surface area (Å²) in [6.45, 7) is 4.77. The SMILES string of the molecule is CCCCCCCCCC/C=C\CCCCCCCCCCCCCC(=O)NC(COP(=O)([O-])OCC[N+](C)(C)C)C(O)CCCCCCCCCCCCCCCCCCCCCCCCC. The fourth-order valence-corrected chi connectivity index (χ4v) is 10.00. The van der Waals surface area contributed by atoms with Gasteiger partial charge in [-0.05, 0) is 38.5 Å². The highest BCUT2D eigenvalue weighted by molar-refractivity contribution is 7.45. The highest BCUT2D eigenvalue weighted by Gasteiger charge is 2.24. The molecule has 0 aliphatic rings. The van der Waals surface area contributed by atoms with Crippen molar-refractivity contribution < 1.29 is 32.9 Å². The molecule has 0 spiro atoms. The van der Waals surface area contributed by atoms with E-state index < -0.39 is 20.0 Å². The van der Waals surface area contributed by atoms with E-state index in [1.165, 1.54) is 244 Å². The van der Waals surface area contributed by atoms with Gasteiger partial charge in [0.15, 0.2) is 0 Å². The number of unbranched alkanes of at least 4 members (excludes halogenated alkanes) is 41. The van der Waals surface area contributed by atoms with Crippen molar-refractivity contribution >= 4 is 13.7 Å². The number of aliphatic hydroxyl groups excluding tert-OH is 1. The average molecular weight is 984 g/mol. The average Bonchev–Trinajstić information content (AvgIpc) is 3.30. The van der Waals surface area contributed by atoms with Crippen LogP contribution in [0.3, 0.4) is 0 Å². The first-order valence-electron chi connectivity index (χ1n) is 30.0. The summed E-state index contributed by atoms with van der Waals surface area (Å²) < 4.78 is 23.5. The van der Waals surface area contributed by atoms with Gasteiger partial charge in [0.1, 0.15) is 13.2 Å². The van der Waals surface area contributed by atoms with Crippen molar-refractivity contribution in [2.45, 2.75) is 321 Å². The Hall–Kier alpha value is -0.760. The third-order valence-electron chi connectivity index (χ3n) is 14.0. The molecule has 0 saturated carbocycles. The van der Waals surface area contributed by atoms with Gasteiger partial charge in [-0.1, -0.05) is 276 Å². The lowest BCUT2D eigenvalue weighted by Gasteiger charge is -2.30. The predicted molar refractivity (Wildman–Crippen MR) is 293 cm³/mol. The zero-order valence-electron chi connectivity index (χ0n) is 46.3. The summed E-state index contributed by atoms with van der Waals surface area (Å²) in [5.74, 6) is -0.160. The van der Waals surface area contributed by atoms with E-state index in [1.807, 2.05) is 21.1 Å². The van der Waals surface area contributed by atoms with E-state index in [4.69, 9.17) is 9.05 Å². The molecule has 0 radical (unpaired) electrons. The number of phosphoric ester groups is 1. The number of carbonyl (C=O) groups is 1. The van der Waals surface area contributed by atoms with Crippen molar-refractivity contribution in [3.8, 4) is 0 Å². The first-order valence-corrected chi connectivity index (χ1v) is 31.5. The molecule has 3 unspecified atom stereocenters. The number of aliphatic hydroxyl groups is 1. The molecule has 9 heteroatoms. The van der Waals surface area contributed by atoms with Crippen LogP contribution in [-0.2, 0) is 18.4 Å². The summed E-state index contributed by atoms with van der Waals surface area (Å²) in [6, 6.07) is -0.799. The Labute approximate surface area is 424 Å². The van der Waals surface area contributed by atoms with Gasteiger partial charge < -0.3 is 28.8 Å². The zero-order valence-corrected chi connectivity index (χ0v) is 47.2. The van der Waals surface area contributed by atoms with Crippen LogP contribution in [-0.4, -0.2) is 68.5 Å². The molecule has 0 aromatic heterocycles. The molecule has 0 heterocycles. The Morgan fingerprint density at radius 1 is 0.500 bits per heavy atom. The summed E-state index contributed by atoms with van der Waals surface area (Å²) in [6.07, 6.45) is 62.4. The van der Waals surface area contributed by atoms with E-state index in [2.05, 4.69) is 31.3 Å². The number of nitrogens with zero attached hydrogens (tertiary/aromatic N) is 1. The van der Waals surface area contributed by atoms with Crippen molar-refractivity contribution in [2.75, 3.05) is 40.9 Å². The maximum Gasteiger partial charge on any atom is 0.268 e. The normalized spacial score (nSPS) is 13.9. The van der Waals surface area contributed by atoms with Crippen LogP contribution in [0.5, 0.6) is 0 Å². The molecule has 3 atom stereocenters. The number of hydrogen-bond donors (Lipinski definition) is 2. The van der Waals surface area contributed by atoms with Crippen molar-refractivity contribution in [3.05, 3.63) is 12.2 Å². The topological polar surface area (TPSA) is 108 Å². The molecular weight excluding hydrogens is 864 g/mol. The second-order valence-corrected chi connectivity index (χ2v) is 23.5. The van der Waals surface area contributed by atoms with Crippen LogP contribution >= 0.6 is 7.82 Å². The molecule has 0 saturated heterocycles. The van der Waals surface area contributed by atoms with Crippen LogP contribution in [0, 0.1) is 0 Å². The highest BCUT2D eigenvalue weighted by Crippen LogP contribution is 2.38. The number of allylic oxidation sites excluding steroid dienone is 2. The molecule has 0 rings (SSSR count). The van der Waals surface area contributed by atoms with Crippen molar-refractivity contribution in [1.29, 1.82) is 0 Å². The van der Waals surface area contributed by atoms with Gasteiger partial charge in [-0.3, -0.25) is 9.36 Å². The summed E-state index contributed by atoms with van der Waals surface area (Å²) in [5.41, 5.74) is 0. The third-order valence-corrected chi connectivity index (χ3v) is 15.0. The Morgan fingerprint density at radius 3 is 1.15 bits per heavy atom. The fourth-order valence-electron chi connectivity index (χ4n) is 9.27. The van der Waals surface area contributed by atoms with Crippen molar-refractivity contribution in [1.82, 2.24) is 5.32 Å². The molecule has 0 bridgehead atoms. The van der Waals surface area contributed by atoms with Gasteiger partial charge in [0.2, 0.25) is 5.91 Å². The van der Waals surface area contributed by atoms with E-state index in [0.29, 0.717) is 23.9 Å². The van der Waals surface area contributed by atoms with E-state index in [1.54, 1.807) is 0 Å². The highest BCUT2D eigenvalue weighted by atomic mass is 31.2. The lowest BCUT2D eigenvalue weighted by atomic mass is 10.0. The number of quaternary nitrogens is 1. The van der Waals surface area contributed by atoms with Crippen LogP contribution in [0.2, 0.25) is 0 Å². The Kier molecular flexibility index (Phi) is 50.6. The van der Waals surface area contributed by atoms with Crippen LogP contribution in [0.4, 0.5) is 0 Å². The van der Waals surface area contributed by atoms with Gasteiger partial charge in [-0.2, -0.15) is 0 Å². The smallest absolute Gasteiger partial charge is 0.268 e. The monoisotopic (exact) mass is 983 g/mol. The van der Waals surface area contributed by atoms with Crippen LogP contribution in [0.25, 0.3) is 0 Å². The standard InChI is InChI=1S/C59H119N2O6P/c1-6-8-10-12-14-16-18-20-22-24-26-28-30-32-34-36-38-40-42-44-46-48-50-52-58(62)57(56-67-68(64,65)66-55-54-61(3,4)5)60-59(63)53-51-49-47-45-43-41-39-37-35-33-31-29-27-25-23-21-19-17-15-13-11-9-7-2/h25,27,57-58,62H,6-24,26,28-56H2,1-5H3,(H-,60,63,64,65)/b27-25-. The van der Waals surface area contributed by atoms with Gasteiger partial charge in [0.25, 0.3) is 7.82 Å². The maximum absolute atomic E-state index is 13.0. The third kappa shape index (κ3) is 53.0.